The van der Waals surface area contributed by atoms with Crippen LogP contribution in [0.3, 0.4) is 0 Å². The van der Waals surface area contributed by atoms with Crippen LogP contribution in [0.1, 0.15) is 21.7 Å². The molecule has 0 bridgehead atoms. The molecule has 0 unspecified atom stereocenters. The number of allylic oxidation sites excluding steroid dienone is 1. The largest absolute Gasteiger partial charge is 0.271 e. The molecular weight excluding hydrogens is 248 g/mol. The van der Waals surface area contributed by atoms with Crippen LogP contribution in [-0.4, -0.2) is 15.7 Å². The Bertz CT molecular complexity index is 597. The molecule has 2 rings (SSSR count). The number of nitrogens with zero attached hydrogens (tertiary/aromatic N) is 2. The second-order valence-electron chi connectivity index (χ2n) is 4.06. The van der Waals surface area contributed by atoms with Crippen LogP contribution in [-0.2, 0) is 0 Å². The third-order valence-electron chi connectivity index (χ3n) is 2.51. The highest BCUT2D eigenvalue weighted by Crippen LogP contribution is 2.11. The lowest BCUT2D eigenvalue weighted by molar-refractivity contribution is 0.0952. The molecule has 18 heavy (non-hydrogen) atoms. The van der Waals surface area contributed by atoms with Crippen LogP contribution in [0, 0.1) is 13.8 Å². The molecule has 0 atom stereocenters. The van der Waals surface area contributed by atoms with E-state index in [0.717, 1.165) is 17.0 Å². The number of aryl methyl sites for hydroxylation is 2. The maximum atomic E-state index is 11.9. The molecule has 0 aliphatic carbocycles. The molecule has 0 radical (unpaired) electrons. The third-order valence-corrected chi connectivity index (χ3v) is 2.76. The summed E-state index contributed by atoms with van der Waals surface area (Å²) in [5, 5.41) is 4.81. The van der Waals surface area contributed by atoms with E-state index in [4.69, 9.17) is 11.6 Å². The second kappa shape index (κ2) is 5.19. The molecular formula is C14H13ClN2O. The van der Waals surface area contributed by atoms with E-state index in [1.807, 2.05) is 32.0 Å². The van der Waals surface area contributed by atoms with Crippen LogP contribution in [0.4, 0.5) is 0 Å². The number of aromatic nitrogens is 2. The van der Waals surface area contributed by atoms with E-state index in [9.17, 15) is 4.79 Å². The quantitative estimate of drug-likeness (QED) is 0.775. The van der Waals surface area contributed by atoms with E-state index < -0.39 is 0 Å². The fourth-order valence-corrected chi connectivity index (χ4v) is 1.79. The Labute approximate surface area is 111 Å². The van der Waals surface area contributed by atoms with E-state index in [0.29, 0.717) is 5.02 Å². The first-order valence-electron chi connectivity index (χ1n) is 5.57. The zero-order valence-corrected chi connectivity index (χ0v) is 11.0. The van der Waals surface area contributed by atoms with Gasteiger partial charge in [0, 0.05) is 16.8 Å². The van der Waals surface area contributed by atoms with Gasteiger partial charge in [0.05, 0.1) is 5.69 Å². The SMILES string of the molecule is Cc1cc(C)n(C(=O)/C=C/c2ccc(Cl)cc2)n1. The summed E-state index contributed by atoms with van der Waals surface area (Å²) >= 11 is 5.79. The van der Waals surface area contributed by atoms with Crippen molar-refractivity contribution in [3.63, 3.8) is 0 Å². The van der Waals surface area contributed by atoms with Gasteiger partial charge in [0.15, 0.2) is 0 Å². The van der Waals surface area contributed by atoms with Gasteiger partial charge in [0.2, 0.25) is 0 Å². The summed E-state index contributed by atoms with van der Waals surface area (Å²) in [5.41, 5.74) is 2.59. The van der Waals surface area contributed by atoms with E-state index >= 15 is 0 Å². The van der Waals surface area contributed by atoms with Crippen molar-refractivity contribution in [3.8, 4) is 0 Å². The molecule has 0 aliphatic heterocycles. The van der Waals surface area contributed by atoms with Crippen molar-refractivity contribution in [1.82, 2.24) is 9.78 Å². The summed E-state index contributed by atoms with van der Waals surface area (Å²) < 4.78 is 1.39. The van der Waals surface area contributed by atoms with Gasteiger partial charge < -0.3 is 0 Å². The zero-order valence-electron chi connectivity index (χ0n) is 10.2. The number of carbonyl (C=O) groups excluding carboxylic acids is 1. The lowest BCUT2D eigenvalue weighted by Gasteiger charge is -1.98. The molecule has 2 aromatic rings. The normalized spacial score (nSPS) is 11.1. The molecule has 0 amide bonds. The van der Waals surface area contributed by atoms with Crippen LogP contribution in [0.5, 0.6) is 0 Å². The lowest BCUT2D eigenvalue weighted by Crippen LogP contribution is -2.10. The number of rotatable bonds is 2. The minimum Gasteiger partial charge on any atom is -0.267 e. The molecule has 0 fully saturated rings. The smallest absolute Gasteiger partial charge is 0.267 e. The van der Waals surface area contributed by atoms with Crippen LogP contribution >= 0.6 is 11.6 Å². The van der Waals surface area contributed by atoms with Gasteiger partial charge in [0.25, 0.3) is 5.91 Å². The summed E-state index contributed by atoms with van der Waals surface area (Å²) in [6.07, 6.45) is 3.25. The highest BCUT2D eigenvalue weighted by molar-refractivity contribution is 6.30. The average molecular weight is 261 g/mol. The Morgan fingerprint density at radius 3 is 2.50 bits per heavy atom. The fourth-order valence-electron chi connectivity index (χ4n) is 1.66. The Hall–Kier alpha value is -1.87. The van der Waals surface area contributed by atoms with Crippen molar-refractivity contribution in [2.45, 2.75) is 13.8 Å². The van der Waals surface area contributed by atoms with Crippen LogP contribution in [0.15, 0.2) is 36.4 Å². The summed E-state index contributed by atoms with van der Waals surface area (Å²) in [6, 6.07) is 9.15. The topological polar surface area (TPSA) is 34.9 Å². The van der Waals surface area contributed by atoms with E-state index in [-0.39, 0.29) is 5.91 Å². The second-order valence-corrected chi connectivity index (χ2v) is 4.50. The third kappa shape index (κ3) is 2.87. The zero-order chi connectivity index (χ0) is 13.1. The molecule has 4 heteroatoms. The minimum absolute atomic E-state index is 0.157. The van der Waals surface area contributed by atoms with Gasteiger partial charge in [0.1, 0.15) is 0 Å². The minimum atomic E-state index is -0.157. The first-order valence-corrected chi connectivity index (χ1v) is 5.95. The number of carbonyl (C=O) groups is 1. The van der Waals surface area contributed by atoms with Crippen LogP contribution in [0.2, 0.25) is 5.02 Å². The number of halogens is 1. The Kier molecular flexibility index (Phi) is 3.63. The van der Waals surface area contributed by atoms with Crippen molar-refractivity contribution in [3.05, 3.63) is 58.4 Å². The molecule has 0 N–H and O–H groups in total. The lowest BCUT2D eigenvalue weighted by atomic mass is 10.2. The van der Waals surface area contributed by atoms with E-state index in [1.54, 1.807) is 18.2 Å². The van der Waals surface area contributed by atoms with Gasteiger partial charge in [-0.3, -0.25) is 4.79 Å². The standard InChI is InChI=1S/C14H13ClN2O/c1-10-9-11(2)17(16-10)14(18)8-5-12-3-6-13(15)7-4-12/h3-9H,1-2H3/b8-5+. The van der Waals surface area contributed by atoms with Gasteiger partial charge in [-0.05, 0) is 43.7 Å². The molecule has 0 saturated carbocycles. The maximum Gasteiger partial charge on any atom is 0.271 e. The van der Waals surface area contributed by atoms with Crippen molar-refractivity contribution in [2.75, 3.05) is 0 Å². The monoisotopic (exact) mass is 260 g/mol. The number of benzene rings is 1. The average Bonchev–Trinajstić information content (AvgIpc) is 2.67. The highest BCUT2D eigenvalue weighted by atomic mass is 35.5. The molecule has 1 heterocycles. The Morgan fingerprint density at radius 2 is 1.94 bits per heavy atom. The molecule has 0 spiro atoms. The molecule has 3 nitrogen and oxygen atoms in total. The Morgan fingerprint density at radius 1 is 1.28 bits per heavy atom. The first kappa shape index (κ1) is 12.6. The highest BCUT2D eigenvalue weighted by Gasteiger charge is 2.06. The number of hydrogen-bond acceptors (Lipinski definition) is 2. The summed E-state index contributed by atoms with van der Waals surface area (Å²) in [5.74, 6) is -0.157. The molecule has 0 saturated heterocycles. The molecule has 1 aromatic heterocycles. The fraction of sp³-hybridized carbons (Fsp3) is 0.143. The summed E-state index contributed by atoms with van der Waals surface area (Å²) in [6.45, 7) is 3.72. The molecule has 92 valence electrons. The Balaban J connectivity index is 2.16. The van der Waals surface area contributed by atoms with Gasteiger partial charge in [-0.25, -0.2) is 4.68 Å². The predicted molar refractivity (Wildman–Crippen MR) is 72.8 cm³/mol. The number of hydrogen-bond donors (Lipinski definition) is 0. The van der Waals surface area contributed by atoms with Crippen molar-refractivity contribution >= 4 is 23.6 Å². The maximum absolute atomic E-state index is 11.9. The molecule has 1 aromatic carbocycles. The summed E-state index contributed by atoms with van der Waals surface area (Å²) in [7, 11) is 0. The predicted octanol–water partition coefficient (Wildman–Crippen LogP) is 3.51. The van der Waals surface area contributed by atoms with Crippen molar-refractivity contribution < 1.29 is 4.79 Å². The van der Waals surface area contributed by atoms with Gasteiger partial charge >= 0.3 is 0 Å². The van der Waals surface area contributed by atoms with E-state index in [2.05, 4.69) is 5.10 Å². The van der Waals surface area contributed by atoms with Crippen LogP contribution in [0.25, 0.3) is 6.08 Å². The van der Waals surface area contributed by atoms with E-state index in [1.165, 1.54) is 10.8 Å². The van der Waals surface area contributed by atoms with Crippen molar-refractivity contribution in [2.24, 2.45) is 0 Å². The van der Waals surface area contributed by atoms with Gasteiger partial charge in [-0.1, -0.05) is 23.7 Å². The van der Waals surface area contributed by atoms with Gasteiger partial charge in [-0.15, -0.1) is 0 Å². The first-order chi connectivity index (χ1) is 8.56. The van der Waals surface area contributed by atoms with Gasteiger partial charge in [-0.2, -0.15) is 5.10 Å². The molecule has 0 aliphatic rings. The van der Waals surface area contributed by atoms with Crippen LogP contribution < -0.4 is 0 Å². The summed E-state index contributed by atoms with van der Waals surface area (Å²) in [4.78, 5) is 11.9. The van der Waals surface area contributed by atoms with Crippen molar-refractivity contribution in [1.29, 1.82) is 0 Å².